The quantitative estimate of drug-likeness (QED) is 0.0202. The predicted octanol–water partition coefficient (Wildman–Crippen LogP) is -4.48. The van der Waals surface area contributed by atoms with Gasteiger partial charge in [-0.3, -0.25) is 19.2 Å². The van der Waals surface area contributed by atoms with E-state index in [0.717, 1.165) is 91.4 Å². The fourth-order valence-corrected chi connectivity index (χ4v) is 19.1. The molecular weight excluding hydrogens is 1890 g/mol. The maximum Gasteiger partial charge on any atom is 0.364 e. The number of aliphatic hydroxyl groups is 22. The molecule has 0 aliphatic carbocycles. The fourth-order valence-electron chi connectivity index (χ4n) is 19.1. The lowest BCUT2D eigenvalue weighted by atomic mass is 9.87. The van der Waals surface area contributed by atoms with Crippen LogP contribution in [0.5, 0.6) is 0 Å². The van der Waals surface area contributed by atoms with Crippen molar-refractivity contribution in [3.05, 3.63) is 12.2 Å². The molecule has 0 aromatic carbocycles. The van der Waals surface area contributed by atoms with E-state index >= 15 is 0 Å². The molecule has 14 unspecified atom stereocenters. The smallest absolute Gasteiger partial charge is 0.364 e. The summed E-state index contributed by atoms with van der Waals surface area (Å²) < 4.78 is 84.2. The minimum absolute atomic E-state index is 0.0662. The van der Waals surface area contributed by atoms with Crippen molar-refractivity contribution in [3.63, 3.8) is 0 Å². The lowest BCUT2D eigenvalue weighted by molar-refractivity contribution is -0.405. The molecule has 28 N–H and O–H groups in total. The van der Waals surface area contributed by atoms with Crippen LogP contribution in [0.2, 0.25) is 0 Å². The summed E-state index contributed by atoms with van der Waals surface area (Å²) in [6.45, 7) is -2.43. The van der Waals surface area contributed by atoms with Crippen molar-refractivity contribution in [2.24, 2.45) is 0 Å². The summed E-state index contributed by atoms with van der Waals surface area (Å²) in [5.74, 6) is -15.3. The number of aliphatic carboxylic acids is 2. The second-order valence-corrected chi connectivity index (χ2v) is 38.5. The first kappa shape index (κ1) is 124. The van der Waals surface area contributed by atoms with E-state index < -0.39 is 339 Å². The molecule has 0 radical (unpaired) electrons. The fraction of sp³-hybridized carbons (Fsp3) is 0.915. The van der Waals surface area contributed by atoms with Crippen LogP contribution < -0.4 is 21.3 Å². The first-order chi connectivity index (χ1) is 67.8. The lowest BCUT2D eigenvalue weighted by Gasteiger charge is -2.53. The normalized spacial score (nSPS) is 36.0. The van der Waals surface area contributed by atoms with Crippen molar-refractivity contribution >= 4 is 35.6 Å². The number of nitrogens with one attached hydrogen (secondary N) is 4. The molecule has 0 aromatic rings. The van der Waals surface area contributed by atoms with E-state index in [1.807, 2.05) is 0 Å². The molecule has 7 rings (SSSR count). The first-order valence-corrected chi connectivity index (χ1v) is 50.7. The molecule has 7 saturated heterocycles. The highest BCUT2D eigenvalue weighted by Gasteiger charge is 2.65. The van der Waals surface area contributed by atoms with Crippen molar-refractivity contribution in [1.29, 1.82) is 0 Å². The zero-order valence-corrected chi connectivity index (χ0v) is 82.1. The van der Waals surface area contributed by atoms with Gasteiger partial charge in [0.15, 0.2) is 31.5 Å². The molecule has 39 atom stereocenters. The van der Waals surface area contributed by atoms with Crippen LogP contribution in [-0.4, -0.2) is 449 Å². The number of aliphatic hydroxyl groups excluding tert-OH is 22. The first-order valence-electron chi connectivity index (χ1n) is 50.7. The number of carbonyl (C=O) groups is 6. The van der Waals surface area contributed by atoms with Crippen LogP contribution in [0.1, 0.15) is 253 Å². The minimum Gasteiger partial charge on any atom is -0.477 e. The third kappa shape index (κ3) is 35.9. The van der Waals surface area contributed by atoms with Gasteiger partial charge in [0.05, 0.1) is 89.3 Å². The van der Waals surface area contributed by atoms with E-state index in [9.17, 15) is 151 Å². The van der Waals surface area contributed by atoms with E-state index in [1.54, 1.807) is 6.08 Å². The Morgan fingerprint density at radius 3 is 1.22 bits per heavy atom. The number of unbranched alkanes of at least 4 members (excludes halogenated alkanes) is 29. The topological polar surface area (TPSA) is 765 Å². The largest absolute Gasteiger partial charge is 0.477 e. The number of rotatable bonds is 66. The van der Waals surface area contributed by atoms with E-state index in [4.69, 9.17) is 66.3 Å². The molecule has 0 saturated carbocycles. The van der Waals surface area contributed by atoms with Crippen LogP contribution in [0.15, 0.2) is 12.2 Å². The molecule has 0 spiro atoms. The van der Waals surface area contributed by atoms with Gasteiger partial charge in [0.1, 0.15) is 159 Å². The summed E-state index contributed by atoms with van der Waals surface area (Å²) in [6, 6.07) is -7.37. The number of amides is 4. The predicted molar refractivity (Wildman–Crippen MR) is 491 cm³/mol. The van der Waals surface area contributed by atoms with Crippen LogP contribution in [0, 0.1) is 0 Å². The van der Waals surface area contributed by atoms with Gasteiger partial charge in [0.25, 0.3) is 11.6 Å². The molecular formula is C94H166N4O44. The molecule has 7 aliphatic rings. The summed E-state index contributed by atoms with van der Waals surface area (Å²) in [5, 5.41) is 283. The van der Waals surface area contributed by atoms with Crippen molar-refractivity contribution in [3.8, 4) is 0 Å². The highest BCUT2D eigenvalue weighted by Crippen LogP contribution is 2.44. The SMILES string of the molecule is CCCCCCCCCCCCC/C=C/[C@@H](O)[C@H](CO[C@@H]1OC(CO)[C@@H](O[C@@H]2OC(CO)[C@H](O[C@@H]3OC(CO)[C@H](O)[C@H](O[C@@H]4OC(CO)[C@H](O)[C@H](O[C@H]5OC(CO)[C@H](O)[C@H](O)C5O)C4O)C3NC(C)=O)[C@H](O[C@]3(C(=O)O)CC(O)[C@@H](NC(C)=O)C([C@H](O)[C@@H](CO)O[C@]4(C(=O)O)CC(O)[C@@H](NC(C)=O)C([C@H](O)[C@H](O)CO)O4)O3)C2O)[C@H](O)C1O)NC(=O)CCCCCCCCCCCCCCCCCCCCC. The van der Waals surface area contributed by atoms with Crippen molar-refractivity contribution in [2.75, 3.05) is 52.9 Å². The molecule has 0 bridgehead atoms. The molecule has 7 fully saturated rings. The van der Waals surface area contributed by atoms with E-state index in [2.05, 4.69) is 35.1 Å². The lowest BCUT2D eigenvalue weighted by Crippen LogP contribution is -2.73. The highest BCUT2D eigenvalue weighted by atomic mass is 16.8. The van der Waals surface area contributed by atoms with Crippen LogP contribution in [-0.2, 0) is 95.1 Å². The summed E-state index contributed by atoms with van der Waals surface area (Å²) >= 11 is 0. The number of hydrogen-bond acceptors (Lipinski definition) is 42. The van der Waals surface area contributed by atoms with Crippen LogP contribution in [0.4, 0.5) is 0 Å². The summed E-state index contributed by atoms with van der Waals surface area (Å²) in [4.78, 5) is 81.2. The van der Waals surface area contributed by atoms with Gasteiger partial charge in [-0.2, -0.15) is 0 Å². The average Bonchev–Trinajstić information content (AvgIpc) is 0.750. The third-order valence-corrected chi connectivity index (χ3v) is 27.2. The number of ether oxygens (including phenoxy) is 14. The second kappa shape index (κ2) is 63.3. The van der Waals surface area contributed by atoms with E-state index in [-0.39, 0.29) is 6.42 Å². The van der Waals surface area contributed by atoms with E-state index in [1.165, 1.54) is 122 Å². The molecule has 7 heterocycles. The summed E-state index contributed by atoms with van der Waals surface area (Å²) in [6.07, 6.45) is -39.2. The standard InChI is InChI=1S/C94H166N4O44/c1-6-8-10-12-14-16-18-20-21-22-23-24-25-27-29-31-33-35-37-39-64(113)98-53(54(109)38-36-34-32-30-28-26-19-17-15-13-11-9-7-2)49-129-87-76(122)74(120)79(62(47-104)133-87)135-90-78(124)85(142-94(92(127)128)41-56(111)66(96-51(4)107)83(141-94)72(118)61(46-103)139-93(91(125)126)40-55(110)65(95-50(3)106)82(140-93)68(114)57(112)42-99)80(63(48-105)134-90)136-86-67(97-52(5)108)81(70(116)59(44-101)130-86)137-89-77(123)84(71(117)60(45-102)132-89)138-88-75(121)73(119)69(115)58(43-100)131-88/h36,38,53-63,65-90,99-105,109-112,114-124H,6-35,37,39-49H2,1-5H3,(H,95,106)(H,96,107)(H,97,108)(H,98,113)(H,125,126)(H,127,128)/b38-36+/t53-,54+,55?,56?,57+,58?,59?,60?,61+,62?,63?,65+,66+,67?,68+,69-,70-,71-,72+,73-,74+,75?,76?,77?,78?,79+,80-,81+,82?,83?,84-,85+,86-,87+,88+,89-,90-,93+,94-/m0/s1. The zero-order chi connectivity index (χ0) is 105. The summed E-state index contributed by atoms with van der Waals surface area (Å²) in [5.41, 5.74) is 0. The maximum atomic E-state index is 14.6. The zero-order valence-electron chi connectivity index (χ0n) is 82.1. The number of carboxylic acid groups (broad SMARTS) is 2. The maximum absolute atomic E-state index is 14.6. The number of hydrogen-bond donors (Lipinski definition) is 28. The number of carboxylic acids is 2. The van der Waals surface area contributed by atoms with Gasteiger partial charge in [0.2, 0.25) is 23.6 Å². The Kier molecular flexibility index (Phi) is 55.3. The number of carbonyl (C=O) groups excluding carboxylic acids is 4. The Balaban J connectivity index is 1.20. The molecule has 0 aromatic heterocycles. The van der Waals surface area contributed by atoms with Crippen LogP contribution in [0.25, 0.3) is 0 Å². The average molecular weight is 2060 g/mol. The Morgan fingerprint density at radius 2 is 0.754 bits per heavy atom. The molecule has 142 heavy (non-hydrogen) atoms. The van der Waals surface area contributed by atoms with Gasteiger partial charge < -0.3 is 210 Å². The molecule has 4 amide bonds. The van der Waals surface area contributed by atoms with Gasteiger partial charge in [0, 0.05) is 40.0 Å². The molecule has 48 nitrogen and oxygen atoms in total. The van der Waals surface area contributed by atoms with Crippen LogP contribution in [0.3, 0.4) is 0 Å². The van der Waals surface area contributed by atoms with Crippen molar-refractivity contribution in [1.82, 2.24) is 21.3 Å². The molecule has 48 heteroatoms. The Bertz CT molecular complexity index is 3620. The highest BCUT2D eigenvalue weighted by molar-refractivity contribution is 5.78. The van der Waals surface area contributed by atoms with Gasteiger partial charge in [-0.15, -0.1) is 0 Å². The minimum atomic E-state index is -3.76. The Hall–Kier alpha value is -4.88. The monoisotopic (exact) mass is 2060 g/mol. The van der Waals surface area contributed by atoms with Crippen LogP contribution >= 0.6 is 0 Å². The Labute approximate surface area is 827 Å². The molecule has 826 valence electrons. The van der Waals surface area contributed by atoms with Gasteiger partial charge in [-0.1, -0.05) is 206 Å². The molecule has 7 aliphatic heterocycles. The van der Waals surface area contributed by atoms with Gasteiger partial charge in [-0.25, -0.2) is 9.59 Å². The van der Waals surface area contributed by atoms with Gasteiger partial charge >= 0.3 is 11.9 Å². The van der Waals surface area contributed by atoms with Crippen molar-refractivity contribution in [2.45, 2.75) is 491 Å². The third-order valence-electron chi connectivity index (χ3n) is 27.2. The summed E-state index contributed by atoms with van der Waals surface area (Å²) in [7, 11) is 0. The second-order valence-electron chi connectivity index (χ2n) is 38.5. The van der Waals surface area contributed by atoms with Crippen molar-refractivity contribution < 1.29 is 218 Å². The van der Waals surface area contributed by atoms with E-state index in [0.29, 0.717) is 12.8 Å². The Morgan fingerprint density at radius 1 is 0.380 bits per heavy atom. The van der Waals surface area contributed by atoms with Gasteiger partial charge in [-0.05, 0) is 19.3 Å². The number of allylic oxidation sites excluding steroid dienone is 1.